The molecule has 46 valence electrons. The second-order valence-electron chi connectivity index (χ2n) is 2.46. The fourth-order valence-electron chi connectivity index (χ4n) is 1.37. The second kappa shape index (κ2) is 2.11. The zero-order chi connectivity index (χ0) is 6.10. The van der Waals surface area contributed by atoms with Gasteiger partial charge in [-0.3, -0.25) is 0 Å². The van der Waals surface area contributed by atoms with Crippen LogP contribution in [0.1, 0.15) is 17.3 Å². The van der Waals surface area contributed by atoms with E-state index < -0.39 is 0 Å². The number of hydrogen-bond acceptors (Lipinski definition) is 0. The van der Waals surface area contributed by atoms with Crippen molar-refractivity contribution in [2.24, 2.45) is 0 Å². The molecule has 9 heavy (non-hydrogen) atoms. The van der Waals surface area contributed by atoms with Gasteiger partial charge in [0.1, 0.15) is 0 Å². The van der Waals surface area contributed by atoms with E-state index in [4.69, 9.17) is 0 Å². The fourth-order valence-corrected chi connectivity index (χ4v) is 2.36. The normalized spacial score (nSPS) is 16.4. The second-order valence-corrected chi connectivity index (χ2v) is 3.56. The molecule has 2 rings (SSSR count). The van der Waals surface area contributed by atoms with Crippen molar-refractivity contribution >= 4 is 8.19 Å². The highest BCUT2D eigenvalue weighted by Crippen LogP contribution is 2.27. The first-order valence-electron chi connectivity index (χ1n) is 3.39. The van der Waals surface area contributed by atoms with E-state index in [0.29, 0.717) is 0 Å². The number of aryl methyl sites for hydroxylation is 2. The first-order valence-corrected chi connectivity index (χ1v) is 4.36. The molecular weight excluding hydrogens is 127 g/mol. The Morgan fingerprint density at radius 2 is 2.33 bits per heavy atom. The topological polar surface area (TPSA) is 0 Å². The predicted molar refractivity (Wildman–Crippen MR) is 41.0 cm³/mol. The summed E-state index contributed by atoms with van der Waals surface area (Å²) in [5.41, 5.74) is 1.61. The van der Waals surface area contributed by atoms with Crippen molar-refractivity contribution in [2.45, 2.75) is 19.3 Å². The Morgan fingerprint density at radius 1 is 1.33 bits per heavy atom. The van der Waals surface area contributed by atoms with E-state index in [-0.39, 0.29) is 0 Å². The van der Waals surface area contributed by atoms with Crippen molar-refractivity contribution in [3.63, 3.8) is 0 Å². The Kier molecular flexibility index (Phi) is 1.28. The van der Waals surface area contributed by atoms with Crippen LogP contribution >= 0.6 is 8.19 Å². The van der Waals surface area contributed by atoms with Crippen LogP contribution in [-0.4, -0.2) is 0 Å². The standard InChI is InChI=1S/C8H9P/c1-3-7-4-2-6-9-8(7)5-1/h2,4,6H,1,3,5H2. The molecule has 1 aliphatic rings. The number of fused-ring (bicyclic) bond motifs is 1. The summed E-state index contributed by atoms with van der Waals surface area (Å²) in [6.45, 7) is 0. The SMILES string of the molecule is c1cpc2c(c1)CCC2. The Bertz CT molecular complexity index is 195. The fraction of sp³-hybridized carbons (Fsp3) is 0.375. The van der Waals surface area contributed by atoms with Crippen LogP contribution < -0.4 is 0 Å². The Balaban J connectivity index is 2.54. The minimum absolute atomic E-state index is 1.33. The highest BCUT2D eigenvalue weighted by atomic mass is 31.0. The first-order chi connectivity index (χ1) is 4.47. The highest BCUT2D eigenvalue weighted by molar-refractivity contribution is 7.30. The largest absolute Gasteiger partial charge is 0.0726 e. The summed E-state index contributed by atoms with van der Waals surface area (Å²) >= 11 is 0. The van der Waals surface area contributed by atoms with Gasteiger partial charge in [-0.15, -0.1) is 0 Å². The van der Waals surface area contributed by atoms with E-state index in [0.717, 1.165) is 0 Å². The monoisotopic (exact) mass is 136 g/mol. The molecule has 0 N–H and O–H groups in total. The van der Waals surface area contributed by atoms with E-state index in [1.165, 1.54) is 27.5 Å². The molecule has 0 radical (unpaired) electrons. The van der Waals surface area contributed by atoms with Gasteiger partial charge < -0.3 is 0 Å². The van der Waals surface area contributed by atoms with Gasteiger partial charge in [-0.05, 0) is 35.9 Å². The van der Waals surface area contributed by atoms with Gasteiger partial charge in [0.2, 0.25) is 0 Å². The zero-order valence-corrected chi connectivity index (χ0v) is 6.20. The maximum Gasteiger partial charge on any atom is -0.0174 e. The first kappa shape index (κ1) is 5.44. The van der Waals surface area contributed by atoms with Gasteiger partial charge in [-0.2, -0.15) is 0 Å². The third-order valence-electron chi connectivity index (χ3n) is 1.84. The lowest BCUT2D eigenvalue weighted by Crippen LogP contribution is -1.72. The lowest BCUT2D eigenvalue weighted by molar-refractivity contribution is 0.916. The van der Waals surface area contributed by atoms with Crippen molar-refractivity contribution in [3.8, 4) is 0 Å². The van der Waals surface area contributed by atoms with Gasteiger partial charge in [0.25, 0.3) is 0 Å². The Hall–Kier alpha value is -0.350. The van der Waals surface area contributed by atoms with Crippen molar-refractivity contribution in [2.75, 3.05) is 0 Å². The number of hydrogen-bond donors (Lipinski definition) is 0. The molecule has 0 aliphatic heterocycles. The third-order valence-corrected chi connectivity index (χ3v) is 2.99. The van der Waals surface area contributed by atoms with Crippen molar-refractivity contribution in [1.82, 2.24) is 0 Å². The van der Waals surface area contributed by atoms with Gasteiger partial charge in [0.05, 0.1) is 0 Å². The van der Waals surface area contributed by atoms with E-state index >= 15 is 0 Å². The van der Waals surface area contributed by atoms with Crippen LogP contribution in [0.3, 0.4) is 0 Å². The summed E-state index contributed by atoms with van der Waals surface area (Å²) < 4.78 is 0. The molecular formula is C8H9P. The molecule has 0 fully saturated rings. The molecule has 0 saturated heterocycles. The molecule has 1 aromatic heterocycles. The van der Waals surface area contributed by atoms with Gasteiger partial charge >= 0.3 is 0 Å². The molecule has 0 atom stereocenters. The Labute approximate surface area is 57.0 Å². The summed E-state index contributed by atoms with van der Waals surface area (Å²) in [6.07, 6.45) is 4.06. The summed E-state index contributed by atoms with van der Waals surface area (Å²) in [4.78, 5) is 0. The molecule has 0 spiro atoms. The van der Waals surface area contributed by atoms with E-state index in [1.807, 2.05) is 0 Å². The molecule has 1 aliphatic carbocycles. The van der Waals surface area contributed by atoms with Gasteiger partial charge in [-0.1, -0.05) is 20.3 Å². The molecule has 1 heterocycles. The van der Waals surface area contributed by atoms with E-state index in [1.54, 1.807) is 10.9 Å². The van der Waals surface area contributed by atoms with Gasteiger partial charge in [0.15, 0.2) is 0 Å². The van der Waals surface area contributed by atoms with Crippen LogP contribution in [0.4, 0.5) is 0 Å². The van der Waals surface area contributed by atoms with Crippen molar-refractivity contribution in [3.05, 3.63) is 28.8 Å². The van der Waals surface area contributed by atoms with Crippen molar-refractivity contribution in [1.29, 1.82) is 0 Å². The maximum absolute atomic E-state index is 2.26. The van der Waals surface area contributed by atoms with Crippen molar-refractivity contribution < 1.29 is 0 Å². The summed E-state index contributed by atoms with van der Waals surface area (Å²) in [6, 6.07) is 4.44. The zero-order valence-electron chi connectivity index (χ0n) is 5.30. The molecule has 1 heteroatoms. The summed E-state index contributed by atoms with van der Waals surface area (Å²) in [5.74, 6) is 2.23. The third kappa shape index (κ3) is 0.881. The smallest absolute Gasteiger partial charge is 0.0174 e. The van der Waals surface area contributed by atoms with Crippen LogP contribution in [-0.2, 0) is 12.8 Å². The number of rotatable bonds is 0. The molecule has 0 saturated carbocycles. The maximum atomic E-state index is 2.26. The van der Waals surface area contributed by atoms with Gasteiger partial charge in [0, 0.05) is 0 Å². The highest BCUT2D eigenvalue weighted by Gasteiger charge is 2.07. The quantitative estimate of drug-likeness (QED) is 0.514. The molecule has 0 unspecified atom stereocenters. The summed E-state index contributed by atoms with van der Waals surface area (Å²) in [5, 5.41) is 1.66. The molecule has 0 amide bonds. The molecule has 0 nitrogen and oxygen atoms in total. The van der Waals surface area contributed by atoms with Crippen LogP contribution in [0.15, 0.2) is 17.9 Å². The van der Waals surface area contributed by atoms with E-state index in [2.05, 4.69) is 17.9 Å². The predicted octanol–water partition coefficient (Wildman–Crippen LogP) is 2.76. The molecule has 0 aromatic carbocycles. The Morgan fingerprint density at radius 3 is 3.22 bits per heavy atom. The average molecular weight is 136 g/mol. The average Bonchev–Trinajstić information content (AvgIpc) is 2.33. The van der Waals surface area contributed by atoms with Crippen LogP contribution in [0, 0.1) is 0 Å². The lowest BCUT2D eigenvalue weighted by Gasteiger charge is -1.92. The minimum Gasteiger partial charge on any atom is -0.0726 e. The minimum atomic E-state index is 1.33. The van der Waals surface area contributed by atoms with E-state index in [9.17, 15) is 0 Å². The van der Waals surface area contributed by atoms with Crippen LogP contribution in [0.2, 0.25) is 0 Å². The molecule has 0 bridgehead atoms. The van der Waals surface area contributed by atoms with Gasteiger partial charge in [-0.25, -0.2) is 0 Å². The summed E-state index contributed by atoms with van der Waals surface area (Å²) in [7, 11) is 1.45. The lowest BCUT2D eigenvalue weighted by atomic mass is 10.3. The van der Waals surface area contributed by atoms with Crippen LogP contribution in [0.5, 0.6) is 0 Å². The molecule has 1 aromatic rings. The van der Waals surface area contributed by atoms with Crippen LogP contribution in [0.25, 0.3) is 0 Å².